The predicted octanol–water partition coefficient (Wildman–Crippen LogP) is 1.60. The minimum atomic E-state index is -0.0165. The van der Waals surface area contributed by atoms with E-state index >= 15 is 0 Å². The third kappa shape index (κ3) is 4.01. The Morgan fingerprint density at radius 2 is 2.13 bits per heavy atom. The van der Waals surface area contributed by atoms with Crippen LogP contribution in [0.2, 0.25) is 0 Å². The van der Waals surface area contributed by atoms with E-state index in [9.17, 15) is 4.79 Å². The third-order valence-electron chi connectivity index (χ3n) is 5.53. The number of carbonyl (C=O) groups excluding carboxylic acids is 1. The van der Waals surface area contributed by atoms with Crippen LogP contribution < -0.4 is 19.9 Å². The van der Waals surface area contributed by atoms with E-state index in [0.717, 1.165) is 41.0 Å². The molecule has 2 aliphatic heterocycles. The van der Waals surface area contributed by atoms with Gasteiger partial charge in [-0.15, -0.1) is 0 Å². The number of hydrogen-bond donors (Lipinski definition) is 1. The largest absolute Gasteiger partial charge is 0.472 e. The van der Waals surface area contributed by atoms with E-state index in [1.807, 2.05) is 21.6 Å². The van der Waals surface area contributed by atoms with Crippen molar-refractivity contribution in [2.24, 2.45) is 0 Å². The smallest absolute Gasteiger partial charge is 0.239 e. The minimum Gasteiger partial charge on any atom is -0.472 e. The number of ether oxygens (including phenoxy) is 1. The molecule has 5 heterocycles. The van der Waals surface area contributed by atoms with Gasteiger partial charge in [-0.05, 0) is 28.9 Å². The van der Waals surface area contributed by atoms with Crippen LogP contribution in [0.15, 0.2) is 29.1 Å². The average molecular weight is 487 g/mol. The zero-order valence-corrected chi connectivity index (χ0v) is 18.7. The summed E-state index contributed by atoms with van der Waals surface area (Å²) in [5.41, 5.74) is 1.56. The lowest BCUT2D eigenvalue weighted by atomic mass is 10.3. The highest BCUT2D eigenvalue weighted by Crippen LogP contribution is 2.29. The molecule has 2 fully saturated rings. The zero-order valence-electron chi connectivity index (χ0n) is 17.2. The van der Waals surface area contributed by atoms with Crippen molar-refractivity contribution < 1.29 is 9.53 Å². The number of carbonyl (C=O) groups is 1. The number of imidazole rings is 1. The molecule has 3 aromatic heterocycles. The monoisotopic (exact) mass is 486 g/mol. The number of aryl methyl sites for hydroxylation is 1. The van der Waals surface area contributed by atoms with E-state index in [1.165, 1.54) is 0 Å². The Labute approximate surface area is 187 Å². The van der Waals surface area contributed by atoms with Crippen molar-refractivity contribution in [1.82, 2.24) is 29.8 Å². The summed E-state index contributed by atoms with van der Waals surface area (Å²) in [5.74, 6) is 1.94. The number of nitrogens with zero attached hydrogens (tertiary/aromatic N) is 7. The molecular formula is C20H23BrN8O2. The molecule has 162 valence electrons. The predicted molar refractivity (Wildman–Crippen MR) is 119 cm³/mol. The van der Waals surface area contributed by atoms with Crippen LogP contribution in [-0.2, 0) is 11.3 Å². The summed E-state index contributed by atoms with van der Waals surface area (Å²) in [6, 6.07) is 3.78. The second kappa shape index (κ2) is 8.29. The van der Waals surface area contributed by atoms with Crippen LogP contribution in [0.5, 0.6) is 5.88 Å². The Hall–Kier alpha value is -2.95. The summed E-state index contributed by atoms with van der Waals surface area (Å²) in [5, 5.41) is 2.85. The Kier molecular flexibility index (Phi) is 5.34. The standard InChI is InChI=1S/C20H23BrN8O2/c1-2-27-12-24-17-18(27)25-20(29-8-6-22-15(30)11-29)26-19(17)28-7-5-14(10-28)31-16-4-3-13(21)9-23-16/h3-4,9,12,14H,2,5-8,10-11H2,1H3,(H,22,30). The van der Waals surface area contributed by atoms with Gasteiger partial charge in [0.15, 0.2) is 17.0 Å². The van der Waals surface area contributed by atoms with Crippen LogP contribution >= 0.6 is 15.9 Å². The van der Waals surface area contributed by atoms with E-state index in [4.69, 9.17) is 14.7 Å². The summed E-state index contributed by atoms with van der Waals surface area (Å²) in [6.07, 6.45) is 4.40. The molecular weight excluding hydrogens is 464 g/mol. The van der Waals surface area contributed by atoms with E-state index in [2.05, 4.69) is 43.0 Å². The van der Waals surface area contributed by atoms with Crippen molar-refractivity contribution in [3.05, 3.63) is 29.1 Å². The molecule has 2 aliphatic rings. The van der Waals surface area contributed by atoms with Gasteiger partial charge in [0.1, 0.15) is 6.10 Å². The summed E-state index contributed by atoms with van der Waals surface area (Å²) >= 11 is 3.39. The van der Waals surface area contributed by atoms with Gasteiger partial charge in [-0.25, -0.2) is 9.97 Å². The van der Waals surface area contributed by atoms with E-state index < -0.39 is 0 Å². The molecule has 31 heavy (non-hydrogen) atoms. The Bertz CT molecular complexity index is 1100. The van der Waals surface area contributed by atoms with Crippen LogP contribution in [0, 0.1) is 0 Å². The van der Waals surface area contributed by atoms with Crippen molar-refractivity contribution in [2.45, 2.75) is 26.0 Å². The molecule has 5 rings (SSSR count). The van der Waals surface area contributed by atoms with Gasteiger partial charge >= 0.3 is 0 Å². The second-order valence-corrected chi connectivity index (χ2v) is 8.53. The molecule has 1 atom stereocenters. The number of piperazine rings is 1. The van der Waals surface area contributed by atoms with E-state index in [0.29, 0.717) is 31.5 Å². The van der Waals surface area contributed by atoms with Gasteiger partial charge < -0.3 is 24.4 Å². The lowest BCUT2D eigenvalue weighted by molar-refractivity contribution is -0.120. The second-order valence-electron chi connectivity index (χ2n) is 7.61. The first-order valence-corrected chi connectivity index (χ1v) is 11.2. The quantitative estimate of drug-likeness (QED) is 0.580. The molecule has 2 saturated heterocycles. The first-order chi connectivity index (χ1) is 15.1. The summed E-state index contributed by atoms with van der Waals surface area (Å²) in [6.45, 7) is 5.82. The lowest BCUT2D eigenvalue weighted by Gasteiger charge is -2.28. The lowest BCUT2D eigenvalue weighted by Crippen LogP contribution is -2.48. The highest BCUT2D eigenvalue weighted by atomic mass is 79.9. The Morgan fingerprint density at radius 1 is 1.23 bits per heavy atom. The molecule has 0 aromatic carbocycles. The van der Waals surface area contributed by atoms with Gasteiger partial charge in [0.25, 0.3) is 0 Å². The average Bonchev–Trinajstić information content (AvgIpc) is 3.41. The van der Waals surface area contributed by atoms with Gasteiger partial charge in [-0.3, -0.25) is 4.79 Å². The van der Waals surface area contributed by atoms with E-state index in [-0.39, 0.29) is 18.6 Å². The maximum absolute atomic E-state index is 11.9. The van der Waals surface area contributed by atoms with Crippen LogP contribution in [0.4, 0.5) is 11.8 Å². The molecule has 1 unspecified atom stereocenters. The molecule has 0 radical (unpaired) electrons. The fourth-order valence-electron chi connectivity index (χ4n) is 3.94. The summed E-state index contributed by atoms with van der Waals surface area (Å²) in [4.78, 5) is 34.5. The molecule has 0 bridgehead atoms. The highest BCUT2D eigenvalue weighted by Gasteiger charge is 2.30. The molecule has 1 N–H and O–H groups in total. The van der Waals surface area contributed by atoms with Crippen LogP contribution in [-0.4, -0.2) is 69.2 Å². The maximum Gasteiger partial charge on any atom is 0.239 e. The van der Waals surface area contributed by atoms with Gasteiger partial charge in [0, 0.05) is 49.3 Å². The van der Waals surface area contributed by atoms with Crippen LogP contribution in [0.1, 0.15) is 13.3 Å². The highest BCUT2D eigenvalue weighted by molar-refractivity contribution is 9.10. The molecule has 11 heteroatoms. The fourth-order valence-corrected chi connectivity index (χ4v) is 4.17. The Morgan fingerprint density at radius 3 is 2.90 bits per heavy atom. The van der Waals surface area contributed by atoms with Crippen molar-refractivity contribution >= 4 is 44.8 Å². The number of fused-ring (bicyclic) bond motifs is 1. The van der Waals surface area contributed by atoms with Crippen molar-refractivity contribution in [3.8, 4) is 5.88 Å². The number of amides is 1. The summed E-state index contributed by atoms with van der Waals surface area (Å²) < 4.78 is 9.00. The van der Waals surface area contributed by atoms with Gasteiger partial charge in [-0.2, -0.15) is 9.97 Å². The first-order valence-electron chi connectivity index (χ1n) is 10.4. The van der Waals surface area contributed by atoms with Gasteiger partial charge in [-0.1, -0.05) is 0 Å². The number of pyridine rings is 1. The SMILES string of the molecule is CCn1cnc2c(N3CCC(Oc4ccc(Br)cn4)C3)nc(N3CCNC(=O)C3)nc21. The normalized spacial score (nSPS) is 19.2. The number of anilines is 2. The van der Waals surface area contributed by atoms with Crippen molar-refractivity contribution in [2.75, 3.05) is 42.5 Å². The number of hydrogen-bond acceptors (Lipinski definition) is 8. The van der Waals surface area contributed by atoms with Crippen molar-refractivity contribution in [3.63, 3.8) is 0 Å². The fraction of sp³-hybridized carbons (Fsp3) is 0.450. The number of halogens is 1. The van der Waals surface area contributed by atoms with Gasteiger partial charge in [0.05, 0.1) is 19.4 Å². The van der Waals surface area contributed by atoms with Gasteiger partial charge in [0.2, 0.25) is 17.7 Å². The van der Waals surface area contributed by atoms with E-state index in [1.54, 1.807) is 12.5 Å². The molecule has 1 amide bonds. The minimum absolute atomic E-state index is 0.0103. The van der Waals surface area contributed by atoms with Crippen LogP contribution in [0.3, 0.4) is 0 Å². The third-order valence-corrected chi connectivity index (χ3v) is 6.00. The number of nitrogens with one attached hydrogen (secondary N) is 1. The Balaban J connectivity index is 1.43. The van der Waals surface area contributed by atoms with Crippen LogP contribution in [0.25, 0.3) is 11.2 Å². The molecule has 0 spiro atoms. The topological polar surface area (TPSA) is 101 Å². The number of aromatic nitrogens is 5. The molecule has 0 aliphatic carbocycles. The van der Waals surface area contributed by atoms with Crippen molar-refractivity contribution in [1.29, 1.82) is 0 Å². The maximum atomic E-state index is 11.9. The zero-order chi connectivity index (χ0) is 21.4. The summed E-state index contributed by atoms with van der Waals surface area (Å²) in [7, 11) is 0. The number of rotatable bonds is 5. The molecule has 3 aromatic rings. The molecule has 10 nitrogen and oxygen atoms in total. The molecule has 0 saturated carbocycles. The first kappa shape index (κ1) is 20.0.